The van der Waals surface area contributed by atoms with E-state index in [1.54, 1.807) is 0 Å². The van der Waals surface area contributed by atoms with E-state index in [-0.39, 0.29) is 29.6 Å². The Morgan fingerprint density at radius 3 is 1.88 bits per heavy atom. The molecule has 0 saturated heterocycles. The van der Waals surface area contributed by atoms with Gasteiger partial charge in [-0.15, -0.1) is 0 Å². The molecule has 0 heterocycles. The van der Waals surface area contributed by atoms with Gasteiger partial charge in [0.25, 0.3) is 0 Å². The van der Waals surface area contributed by atoms with Gasteiger partial charge in [-0.05, 0) is 0 Å². The van der Waals surface area contributed by atoms with E-state index in [0.29, 0.717) is 0 Å². The van der Waals surface area contributed by atoms with Gasteiger partial charge in [0.2, 0.25) is 0 Å². The van der Waals surface area contributed by atoms with Gasteiger partial charge in [-0.1, -0.05) is 0 Å². The fourth-order valence-corrected chi connectivity index (χ4v) is 1.21. The third-order valence-corrected chi connectivity index (χ3v) is 2.90. The summed E-state index contributed by atoms with van der Waals surface area (Å²) in [5.41, 5.74) is 0. The number of hydrogen-bond donors (Lipinski definition) is 1. The number of hydrogen-bond acceptors (Lipinski definition) is 4. The number of rotatable bonds is 2. The summed E-state index contributed by atoms with van der Waals surface area (Å²) in [6.07, 6.45) is 0. The Bertz CT molecular complexity index is 86.6. The molecular formula is HNaO5Ti2. The van der Waals surface area contributed by atoms with Gasteiger partial charge in [-0.3, -0.25) is 0 Å². The van der Waals surface area contributed by atoms with Gasteiger partial charge in [0.1, 0.15) is 0 Å². The fourth-order valence-electron chi connectivity index (χ4n) is 0.0713. The van der Waals surface area contributed by atoms with Crippen LogP contribution in [0.2, 0.25) is 0 Å². The van der Waals surface area contributed by atoms with Crippen LogP contribution in [0.4, 0.5) is 0 Å². The van der Waals surface area contributed by atoms with Gasteiger partial charge in [0, 0.05) is 0 Å². The van der Waals surface area contributed by atoms with E-state index in [1.807, 2.05) is 0 Å². The zero-order valence-corrected chi connectivity index (χ0v) is 9.20. The normalized spacial score (nSPS) is 7.25. The summed E-state index contributed by atoms with van der Waals surface area (Å²) in [6.45, 7) is 0. The molecule has 0 aliphatic rings. The van der Waals surface area contributed by atoms with E-state index in [0.717, 1.165) is 0 Å². The minimum absolute atomic E-state index is 0. The molecular weight excluding hydrogens is 199 g/mol. The molecule has 0 aromatic heterocycles. The SMILES string of the molecule is [Na+].[O]=[Ti]([O-])[O][Ti](=[O])[OH]. The Balaban J connectivity index is 0. The van der Waals surface area contributed by atoms with Crippen LogP contribution in [0, 0.1) is 0 Å². The third-order valence-electron chi connectivity index (χ3n) is 0.171. The molecule has 1 N–H and O–H groups in total. The summed E-state index contributed by atoms with van der Waals surface area (Å²) in [5.74, 6) is 0. The van der Waals surface area contributed by atoms with E-state index in [1.165, 1.54) is 0 Å². The van der Waals surface area contributed by atoms with Crippen molar-refractivity contribution in [1.82, 2.24) is 0 Å². The second-order valence-electron chi connectivity index (χ2n) is 0.618. The van der Waals surface area contributed by atoms with E-state index in [4.69, 9.17) is 3.69 Å². The molecule has 0 saturated carbocycles. The summed E-state index contributed by atoms with van der Waals surface area (Å²) in [6, 6.07) is 0. The molecule has 8 heavy (non-hydrogen) atoms. The second-order valence-corrected chi connectivity index (χ2v) is 3.86. The van der Waals surface area contributed by atoms with Crippen molar-refractivity contribution in [1.29, 1.82) is 0 Å². The first-order chi connectivity index (χ1) is 3.13. The van der Waals surface area contributed by atoms with Gasteiger partial charge >= 0.3 is 82.7 Å². The topological polar surface area (TPSA) is 86.7 Å². The van der Waals surface area contributed by atoms with Crippen molar-refractivity contribution in [3.8, 4) is 0 Å². The first kappa shape index (κ1) is 12.6. The van der Waals surface area contributed by atoms with Crippen LogP contribution in [0.15, 0.2) is 0 Å². The predicted molar refractivity (Wildman–Crippen MR) is 4.68 cm³/mol. The molecule has 0 amide bonds. The summed E-state index contributed by atoms with van der Waals surface area (Å²) >= 11 is -7.69. The molecule has 0 rings (SSSR count). The Kier molecular flexibility index (Phi) is 11.0. The Morgan fingerprint density at radius 1 is 1.50 bits per heavy atom. The summed E-state index contributed by atoms with van der Waals surface area (Å²) in [4.78, 5) is 0. The average Bonchev–Trinajstić information content (AvgIpc) is 1.27. The molecule has 0 unspecified atom stereocenters. The fraction of sp³-hybridized carbons (Fsp3) is 0. The van der Waals surface area contributed by atoms with Crippen molar-refractivity contribution in [2.24, 2.45) is 0 Å². The Hall–Kier alpha value is 1.91. The van der Waals surface area contributed by atoms with Gasteiger partial charge in [0.15, 0.2) is 0 Å². The monoisotopic (exact) mass is 200 g/mol. The molecule has 0 aromatic rings. The van der Waals surface area contributed by atoms with Crippen LogP contribution < -0.4 is 33.2 Å². The third kappa shape index (κ3) is 10.8. The van der Waals surface area contributed by atoms with Gasteiger partial charge in [-0.25, -0.2) is 0 Å². The molecule has 0 aliphatic carbocycles. The van der Waals surface area contributed by atoms with Crippen LogP contribution in [0.25, 0.3) is 0 Å². The van der Waals surface area contributed by atoms with E-state index in [9.17, 15) is 10.3 Å². The second kappa shape index (κ2) is 7.02. The van der Waals surface area contributed by atoms with Crippen molar-refractivity contribution in [2.75, 3.05) is 0 Å². The molecule has 0 aliphatic heterocycles. The Morgan fingerprint density at radius 2 is 1.88 bits per heavy atom. The van der Waals surface area contributed by atoms with Crippen LogP contribution in [0.3, 0.4) is 0 Å². The predicted octanol–water partition coefficient (Wildman–Crippen LogP) is -5.05. The van der Waals surface area contributed by atoms with Gasteiger partial charge in [0.05, 0.1) is 0 Å². The molecule has 8 heteroatoms. The van der Waals surface area contributed by atoms with Crippen molar-refractivity contribution in [3.63, 3.8) is 0 Å². The van der Waals surface area contributed by atoms with Crippen LogP contribution in [-0.4, -0.2) is 3.69 Å². The van der Waals surface area contributed by atoms with Crippen molar-refractivity contribution < 1.29 is 82.7 Å². The molecule has 0 fully saturated rings. The van der Waals surface area contributed by atoms with E-state index < -0.39 is 37.2 Å². The van der Waals surface area contributed by atoms with Crippen LogP contribution in [0.1, 0.15) is 0 Å². The molecule has 0 radical (unpaired) electrons. The molecule has 5 nitrogen and oxygen atoms in total. The molecule has 0 spiro atoms. The molecule has 0 aromatic carbocycles. The maximum absolute atomic E-state index is 9.48. The summed E-state index contributed by atoms with van der Waals surface area (Å²) in [7, 11) is 0. The minimum atomic E-state index is -3.94. The summed E-state index contributed by atoms with van der Waals surface area (Å²) < 4.78 is 39.5. The molecule has 0 bridgehead atoms. The van der Waals surface area contributed by atoms with Crippen molar-refractivity contribution in [2.45, 2.75) is 0 Å². The summed E-state index contributed by atoms with van der Waals surface area (Å²) in [5, 5.41) is 0. The van der Waals surface area contributed by atoms with E-state index >= 15 is 0 Å². The standard InChI is InChI=1S/Na.H2O.4O.2Ti/h;1H2;;;;;;/q+1;;;;;-1;;+1/p-1. The van der Waals surface area contributed by atoms with Gasteiger partial charge in [-0.2, -0.15) is 0 Å². The molecule has 40 valence electrons. The molecule has 0 atom stereocenters. The van der Waals surface area contributed by atoms with Crippen LogP contribution in [-0.2, 0) is 45.8 Å². The first-order valence-corrected chi connectivity index (χ1v) is 5.13. The zero-order chi connectivity index (χ0) is 5.86. The van der Waals surface area contributed by atoms with E-state index in [2.05, 4.69) is 1.90 Å². The quantitative estimate of drug-likeness (QED) is 0.450. The first-order valence-electron chi connectivity index (χ1n) is 1.24. The average molecular weight is 200 g/mol. The van der Waals surface area contributed by atoms with Gasteiger partial charge < -0.3 is 0 Å². The van der Waals surface area contributed by atoms with Crippen molar-refractivity contribution >= 4 is 0 Å². The van der Waals surface area contributed by atoms with Crippen molar-refractivity contribution in [3.05, 3.63) is 0 Å². The Labute approximate surface area is 81.5 Å². The zero-order valence-electron chi connectivity index (χ0n) is 4.08. The van der Waals surface area contributed by atoms with Crippen LogP contribution in [0.5, 0.6) is 0 Å². The van der Waals surface area contributed by atoms with Crippen LogP contribution >= 0.6 is 0 Å². The maximum atomic E-state index is 9.48.